The molecule has 0 unspecified atom stereocenters. The van der Waals surface area contributed by atoms with Crippen LogP contribution in [0.1, 0.15) is 11.4 Å². The average Bonchev–Trinajstić information content (AvgIpc) is 2.76. The Bertz CT molecular complexity index is 487. The molecule has 0 atom stereocenters. The smallest absolute Gasteiger partial charge is 0.146 e. The fraction of sp³-hybridized carbons (Fsp3) is 0.231. The number of rotatable bonds is 5. The van der Waals surface area contributed by atoms with Crippen LogP contribution in [0.5, 0.6) is 0 Å². The Morgan fingerprint density at radius 2 is 2.12 bits per heavy atom. The standard InChI is InChI=1S/C13H16N4/c1-11(12-6-4-3-5-7-12)8-14-9-13-16-15-10-17(13)2/h3-7,10,14H,1,8-9H2,2H3. The first-order chi connectivity index (χ1) is 8.27. The second kappa shape index (κ2) is 5.41. The second-order valence-electron chi connectivity index (χ2n) is 3.93. The first-order valence-corrected chi connectivity index (χ1v) is 5.54. The molecule has 0 radical (unpaired) electrons. The maximum absolute atomic E-state index is 4.06. The molecule has 0 spiro atoms. The lowest BCUT2D eigenvalue weighted by atomic mass is 10.1. The molecule has 0 aliphatic rings. The van der Waals surface area contributed by atoms with Crippen LogP contribution in [0.25, 0.3) is 5.57 Å². The molecule has 0 aliphatic carbocycles. The molecule has 0 saturated carbocycles. The number of benzene rings is 1. The quantitative estimate of drug-likeness (QED) is 0.845. The molecule has 0 aliphatic heterocycles. The predicted octanol–water partition coefficient (Wildman–Crippen LogP) is 1.62. The molecule has 4 nitrogen and oxygen atoms in total. The molecule has 2 rings (SSSR count). The van der Waals surface area contributed by atoms with Crippen molar-refractivity contribution in [2.45, 2.75) is 6.54 Å². The summed E-state index contributed by atoms with van der Waals surface area (Å²) in [6.45, 7) is 5.50. The molecule has 4 heteroatoms. The topological polar surface area (TPSA) is 42.7 Å². The van der Waals surface area contributed by atoms with Gasteiger partial charge in [0.15, 0.2) is 0 Å². The number of hydrogen-bond acceptors (Lipinski definition) is 3. The molecule has 1 N–H and O–H groups in total. The van der Waals surface area contributed by atoms with E-state index in [4.69, 9.17) is 0 Å². The number of nitrogens with one attached hydrogen (secondary N) is 1. The van der Waals surface area contributed by atoms with Gasteiger partial charge in [-0.25, -0.2) is 0 Å². The number of aryl methyl sites for hydroxylation is 1. The Morgan fingerprint density at radius 3 is 2.76 bits per heavy atom. The molecule has 1 aromatic heterocycles. The highest BCUT2D eigenvalue weighted by molar-refractivity contribution is 5.64. The van der Waals surface area contributed by atoms with E-state index in [1.54, 1.807) is 6.33 Å². The second-order valence-corrected chi connectivity index (χ2v) is 3.93. The summed E-state index contributed by atoms with van der Waals surface area (Å²) in [5.74, 6) is 0.922. The van der Waals surface area contributed by atoms with Gasteiger partial charge in [-0.15, -0.1) is 10.2 Å². The largest absolute Gasteiger partial charge is 0.320 e. The van der Waals surface area contributed by atoms with Crippen molar-refractivity contribution in [3.05, 3.63) is 54.6 Å². The molecule has 0 fully saturated rings. The van der Waals surface area contributed by atoms with Crippen molar-refractivity contribution in [1.29, 1.82) is 0 Å². The van der Waals surface area contributed by atoms with Gasteiger partial charge in [-0.1, -0.05) is 36.9 Å². The van der Waals surface area contributed by atoms with Gasteiger partial charge in [0.2, 0.25) is 0 Å². The first kappa shape index (κ1) is 11.5. The minimum Gasteiger partial charge on any atom is -0.320 e. The van der Waals surface area contributed by atoms with E-state index in [2.05, 4.69) is 34.2 Å². The Kier molecular flexibility index (Phi) is 3.67. The maximum atomic E-state index is 4.06. The van der Waals surface area contributed by atoms with Crippen LogP contribution in [-0.4, -0.2) is 21.3 Å². The summed E-state index contributed by atoms with van der Waals surface area (Å²) in [7, 11) is 1.93. The van der Waals surface area contributed by atoms with Gasteiger partial charge in [0.25, 0.3) is 0 Å². The fourth-order valence-corrected chi connectivity index (χ4v) is 1.57. The lowest BCUT2D eigenvalue weighted by Crippen LogP contribution is -2.18. The summed E-state index contributed by atoms with van der Waals surface area (Å²) < 4.78 is 1.90. The van der Waals surface area contributed by atoms with Gasteiger partial charge in [0, 0.05) is 13.6 Å². The molecule has 88 valence electrons. The molecular formula is C13H16N4. The van der Waals surface area contributed by atoms with Gasteiger partial charge >= 0.3 is 0 Å². The summed E-state index contributed by atoms with van der Waals surface area (Å²) >= 11 is 0. The van der Waals surface area contributed by atoms with Crippen LogP contribution in [0.4, 0.5) is 0 Å². The van der Waals surface area contributed by atoms with E-state index in [-0.39, 0.29) is 0 Å². The summed E-state index contributed by atoms with van der Waals surface area (Å²) in [5.41, 5.74) is 2.24. The highest BCUT2D eigenvalue weighted by Gasteiger charge is 2.01. The summed E-state index contributed by atoms with van der Waals surface area (Å²) in [6.07, 6.45) is 1.70. The fourth-order valence-electron chi connectivity index (χ4n) is 1.57. The predicted molar refractivity (Wildman–Crippen MR) is 68.2 cm³/mol. The average molecular weight is 228 g/mol. The van der Waals surface area contributed by atoms with Crippen molar-refractivity contribution in [3.63, 3.8) is 0 Å². The SMILES string of the molecule is C=C(CNCc1nncn1C)c1ccccc1. The minimum absolute atomic E-state index is 0.697. The van der Waals surface area contributed by atoms with E-state index in [1.165, 1.54) is 0 Å². The van der Waals surface area contributed by atoms with Crippen LogP contribution in [0.3, 0.4) is 0 Å². The van der Waals surface area contributed by atoms with Crippen LogP contribution in [0.2, 0.25) is 0 Å². The Labute approximate surface area is 101 Å². The van der Waals surface area contributed by atoms with Crippen molar-refractivity contribution in [2.75, 3.05) is 6.54 Å². The van der Waals surface area contributed by atoms with Crippen LogP contribution in [-0.2, 0) is 13.6 Å². The van der Waals surface area contributed by atoms with E-state index >= 15 is 0 Å². The lowest BCUT2D eigenvalue weighted by Gasteiger charge is -2.07. The van der Waals surface area contributed by atoms with Gasteiger partial charge in [-0.05, 0) is 11.1 Å². The van der Waals surface area contributed by atoms with Crippen molar-refractivity contribution in [2.24, 2.45) is 7.05 Å². The van der Waals surface area contributed by atoms with E-state index in [1.807, 2.05) is 29.8 Å². The molecule has 0 bridgehead atoms. The summed E-state index contributed by atoms with van der Waals surface area (Å²) in [6, 6.07) is 10.2. The van der Waals surface area contributed by atoms with Gasteiger partial charge in [-0.3, -0.25) is 0 Å². The molecule has 17 heavy (non-hydrogen) atoms. The van der Waals surface area contributed by atoms with Crippen molar-refractivity contribution in [3.8, 4) is 0 Å². The van der Waals surface area contributed by atoms with Crippen molar-refractivity contribution < 1.29 is 0 Å². The third-order valence-corrected chi connectivity index (χ3v) is 2.61. The number of nitrogens with zero attached hydrogens (tertiary/aromatic N) is 3. The van der Waals surface area contributed by atoms with Gasteiger partial charge in [0.1, 0.15) is 12.2 Å². The Hall–Kier alpha value is -1.94. The first-order valence-electron chi connectivity index (χ1n) is 5.54. The number of hydrogen-bond donors (Lipinski definition) is 1. The zero-order chi connectivity index (χ0) is 12.1. The third kappa shape index (κ3) is 3.01. The zero-order valence-electron chi connectivity index (χ0n) is 9.93. The summed E-state index contributed by atoms with van der Waals surface area (Å²) in [5, 5.41) is 11.1. The molecule has 0 amide bonds. The lowest BCUT2D eigenvalue weighted by molar-refractivity contribution is 0.683. The van der Waals surface area contributed by atoms with Gasteiger partial charge < -0.3 is 9.88 Å². The van der Waals surface area contributed by atoms with E-state index in [0.29, 0.717) is 6.54 Å². The zero-order valence-corrected chi connectivity index (χ0v) is 9.93. The highest BCUT2D eigenvalue weighted by Crippen LogP contribution is 2.09. The number of aromatic nitrogens is 3. The molecular weight excluding hydrogens is 212 g/mol. The summed E-state index contributed by atoms with van der Waals surface area (Å²) in [4.78, 5) is 0. The third-order valence-electron chi connectivity index (χ3n) is 2.61. The van der Waals surface area contributed by atoms with E-state index in [0.717, 1.165) is 23.5 Å². The molecule has 2 aromatic rings. The monoisotopic (exact) mass is 228 g/mol. The Morgan fingerprint density at radius 1 is 1.35 bits per heavy atom. The van der Waals surface area contributed by atoms with Gasteiger partial charge in [0.05, 0.1) is 6.54 Å². The Balaban J connectivity index is 1.84. The maximum Gasteiger partial charge on any atom is 0.146 e. The van der Waals surface area contributed by atoms with Crippen molar-refractivity contribution in [1.82, 2.24) is 20.1 Å². The van der Waals surface area contributed by atoms with Crippen molar-refractivity contribution >= 4 is 5.57 Å². The van der Waals surface area contributed by atoms with E-state index in [9.17, 15) is 0 Å². The van der Waals surface area contributed by atoms with Crippen LogP contribution >= 0.6 is 0 Å². The molecule has 1 aromatic carbocycles. The normalized spacial score (nSPS) is 10.4. The highest BCUT2D eigenvalue weighted by atomic mass is 15.3. The van der Waals surface area contributed by atoms with Crippen LogP contribution in [0, 0.1) is 0 Å². The van der Waals surface area contributed by atoms with Crippen LogP contribution in [0.15, 0.2) is 43.2 Å². The molecule has 1 heterocycles. The van der Waals surface area contributed by atoms with Gasteiger partial charge in [-0.2, -0.15) is 0 Å². The van der Waals surface area contributed by atoms with E-state index < -0.39 is 0 Å². The van der Waals surface area contributed by atoms with Crippen LogP contribution < -0.4 is 5.32 Å². The minimum atomic E-state index is 0.697. The molecule has 0 saturated heterocycles.